The van der Waals surface area contributed by atoms with Gasteiger partial charge in [0.1, 0.15) is 0 Å². The molecule has 2 N–H and O–H groups in total. The Balaban J connectivity index is 1.39. The maximum Gasteiger partial charge on any atom is 0.306 e. The van der Waals surface area contributed by atoms with Gasteiger partial charge in [-0.05, 0) is 48.1 Å². The number of carbonyl (C=O) groups excluding carboxylic acids is 3. The van der Waals surface area contributed by atoms with E-state index in [1.807, 2.05) is 61.5 Å². The van der Waals surface area contributed by atoms with Crippen LogP contribution in [0.5, 0.6) is 0 Å². The first-order chi connectivity index (χ1) is 15.5. The summed E-state index contributed by atoms with van der Waals surface area (Å²) in [5.41, 5.74) is 2.42. The molecule has 0 bridgehead atoms. The fraction of sp³-hybridized carbons (Fsp3) is 0.240. The Morgan fingerprint density at radius 3 is 2.44 bits per heavy atom. The van der Waals surface area contributed by atoms with Crippen molar-refractivity contribution in [1.29, 1.82) is 0 Å². The van der Waals surface area contributed by atoms with E-state index >= 15 is 0 Å². The molecule has 32 heavy (non-hydrogen) atoms. The summed E-state index contributed by atoms with van der Waals surface area (Å²) in [5.74, 6) is -1.08. The average molecular weight is 497 g/mol. The van der Waals surface area contributed by atoms with E-state index in [0.717, 1.165) is 32.9 Å². The molecule has 7 heteroatoms. The van der Waals surface area contributed by atoms with Gasteiger partial charge in [0.2, 0.25) is 5.91 Å². The van der Waals surface area contributed by atoms with Crippen LogP contribution in [0.4, 0.5) is 11.4 Å². The molecule has 0 spiro atoms. The number of rotatable bonds is 9. The van der Waals surface area contributed by atoms with E-state index in [1.54, 1.807) is 6.07 Å². The molecule has 6 nitrogen and oxygen atoms in total. The lowest BCUT2D eigenvalue weighted by molar-refractivity contribution is -0.147. The first-order valence-electron chi connectivity index (χ1n) is 10.5. The molecule has 0 radical (unpaired) electrons. The molecular weight excluding hydrogens is 472 g/mol. The van der Waals surface area contributed by atoms with Gasteiger partial charge in [-0.2, -0.15) is 0 Å². The summed E-state index contributed by atoms with van der Waals surface area (Å²) in [4.78, 5) is 36.3. The summed E-state index contributed by atoms with van der Waals surface area (Å²) in [6.07, 6.45) is 1.34. The average Bonchev–Trinajstić information content (AvgIpc) is 2.79. The standard InChI is InChI=1S/C25H25BrN2O4/c1-2-17-15-19(26)13-14-21(17)27-24(30)16-32-25(31)12-6-11-23(29)28-22-10-5-8-18-7-3-4-9-20(18)22/h3-5,7-10,13-15H,2,6,11-12,16H2,1H3,(H,27,30)(H,28,29). The van der Waals surface area contributed by atoms with Gasteiger partial charge < -0.3 is 15.4 Å². The first kappa shape index (κ1) is 23.5. The summed E-state index contributed by atoms with van der Waals surface area (Å²) in [6, 6.07) is 19.1. The molecule has 166 valence electrons. The summed E-state index contributed by atoms with van der Waals surface area (Å²) < 4.78 is 5.97. The van der Waals surface area contributed by atoms with Gasteiger partial charge in [0, 0.05) is 34.1 Å². The second kappa shape index (κ2) is 11.4. The van der Waals surface area contributed by atoms with E-state index in [9.17, 15) is 14.4 Å². The maximum atomic E-state index is 12.3. The molecule has 0 unspecified atom stereocenters. The second-order valence-electron chi connectivity index (χ2n) is 7.29. The van der Waals surface area contributed by atoms with Gasteiger partial charge in [0.05, 0.1) is 0 Å². The Morgan fingerprint density at radius 2 is 1.62 bits per heavy atom. The minimum Gasteiger partial charge on any atom is -0.456 e. The molecule has 0 fully saturated rings. The number of ether oxygens (including phenoxy) is 1. The second-order valence-corrected chi connectivity index (χ2v) is 8.21. The molecule has 0 atom stereocenters. The predicted molar refractivity (Wildman–Crippen MR) is 130 cm³/mol. The van der Waals surface area contributed by atoms with Gasteiger partial charge in [-0.15, -0.1) is 0 Å². The van der Waals surface area contributed by atoms with Crippen LogP contribution >= 0.6 is 15.9 Å². The Kier molecular flexibility index (Phi) is 8.39. The number of nitrogens with one attached hydrogen (secondary N) is 2. The minimum atomic E-state index is -0.510. The van der Waals surface area contributed by atoms with Crippen molar-refractivity contribution >= 4 is 55.9 Å². The van der Waals surface area contributed by atoms with E-state index in [0.29, 0.717) is 12.1 Å². The largest absolute Gasteiger partial charge is 0.456 e. The monoisotopic (exact) mass is 496 g/mol. The van der Waals surface area contributed by atoms with E-state index < -0.39 is 11.9 Å². The summed E-state index contributed by atoms with van der Waals surface area (Å²) >= 11 is 3.41. The van der Waals surface area contributed by atoms with E-state index in [2.05, 4.69) is 26.6 Å². The van der Waals surface area contributed by atoms with Crippen LogP contribution in [-0.2, 0) is 25.5 Å². The van der Waals surface area contributed by atoms with E-state index in [1.165, 1.54) is 0 Å². The molecule has 0 aromatic heterocycles. The molecular formula is C25H25BrN2O4. The van der Waals surface area contributed by atoms with Gasteiger partial charge >= 0.3 is 5.97 Å². The number of hydrogen-bond acceptors (Lipinski definition) is 4. The number of fused-ring (bicyclic) bond motifs is 1. The molecule has 0 aliphatic rings. The molecule has 0 aliphatic carbocycles. The highest BCUT2D eigenvalue weighted by molar-refractivity contribution is 9.10. The number of esters is 1. The van der Waals surface area contributed by atoms with Crippen LogP contribution in [0.3, 0.4) is 0 Å². The van der Waals surface area contributed by atoms with Crippen molar-refractivity contribution in [3.8, 4) is 0 Å². The topological polar surface area (TPSA) is 84.5 Å². The lowest BCUT2D eigenvalue weighted by Gasteiger charge is -2.11. The molecule has 3 aromatic carbocycles. The normalized spacial score (nSPS) is 10.6. The third-order valence-corrected chi connectivity index (χ3v) is 5.43. The smallest absolute Gasteiger partial charge is 0.306 e. The Hall–Kier alpha value is -3.19. The Morgan fingerprint density at radius 1 is 0.875 bits per heavy atom. The van der Waals surface area contributed by atoms with Crippen molar-refractivity contribution in [3.05, 3.63) is 70.7 Å². The molecule has 0 heterocycles. The fourth-order valence-corrected chi connectivity index (χ4v) is 3.73. The molecule has 2 amide bonds. The molecule has 0 saturated carbocycles. The number of carbonyl (C=O) groups is 3. The SMILES string of the molecule is CCc1cc(Br)ccc1NC(=O)COC(=O)CCCC(=O)Nc1cccc2ccccc12. The van der Waals surface area contributed by atoms with Crippen molar-refractivity contribution in [2.45, 2.75) is 32.6 Å². The predicted octanol–water partition coefficient (Wildman–Crippen LogP) is 5.46. The molecule has 0 saturated heterocycles. The van der Waals surface area contributed by atoms with Gasteiger partial charge in [-0.25, -0.2) is 0 Å². The van der Waals surface area contributed by atoms with Crippen LogP contribution in [0.1, 0.15) is 31.7 Å². The highest BCUT2D eigenvalue weighted by Crippen LogP contribution is 2.23. The first-order valence-corrected chi connectivity index (χ1v) is 11.3. The van der Waals surface area contributed by atoms with Crippen LogP contribution in [0.25, 0.3) is 10.8 Å². The lowest BCUT2D eigenvalue weighted by Crippen LogP contribution is -2.21. The number of halogens is 1. The van der Waals surface area contributed by atoms with Crippen LogP contribution in [0, 0.1) is 0 Å². The van der Waals surface area contributed by atoms with Crippen molar-refractivity contribution in [3.63, 3.8) is 0 Å². The number of benzene rings is 3. The van der Waals surface area contributed by atoms with Crippen molar-refractivity contribution in [2.75, 3.05) is 17.2 Å². The third-order valence-electron chi connectivity index (χ3n) is 4.93. The van der Waals surface area contributed by atoms with Gasteiger partial charge in [0.25, 0.3) is 5.91 Å². The number of aryl methyl sites for hydroxylation is 1. The fourth-order valence-electron chi connectivity index (χ4n) is 3.32. The number of hydrogen-bond donors (Lipinski definition) is 2. The third kappa shape index (κ3) is 6.65. The zero-order valence-corrected chi connectivity index (χ0v) is 19.4. The van der Waals surface area contributed by atoms with Crippen molar-refractivity contribution in [2.24, 2.45) is 0 Å². The summed E-state index contributed by atoms with van der Waals surface area (Å²) in [6.45, 7) is 1.63. The summed E-state index contributed by atoms with van der Waals surface area (Å²) in [7, 11) is 0. The van der Waals surface area contributed by atoms with Crippen LogP contribution < -0.4 is 10.6 Å². The Bertz CT molecular complexity index is 1120. The van der Waals surface area contributed by atoms with Gasteiger partial charge in [-0.1, -0.05) is 59.3 Å². The van der Waals surface area contributed by atoms with Crippen molar-refractivity contribution in [1.82, 2.24) is 0 Å². The molecule has 3 rings (SSSR count). The summed E-state index contributed by atoms with van der Waals surface area (Å²) in [5, 5.41) is 7.66. The highest BCUT2D eigenvalue weighted by Gasteiger charge is 2.12. The minimum absolute atomic E-state index is 0.0642. The van der Waals surface area contributed by atoms with Crippen molar-refractivity contribution < 1.29 is 19.1 Å². The van der Waals surface area contributed by atoms with Gasteiger partial charge in [-0.3, -0.25) is 14.4 Å². The van der Waals surface area contributed by atoms with Crippen LogP contribution in [-0.4, -0.2) is 24.4 Å². The van der Waals surface area contributed by atoms with Crippen LogP contribution in [0.2, 0.25) is 0 Å². The maximum absolute atomic E-state index is 12.3. The number of amides is 2. The Labute approximate surface area is 195 Å². The van der Waals surface area contributed by atoms with Gasteiger partial charge in [0.15, 0.2) is 6.61 Å². The zero-order chi connectivity index (χ0) is 22.9. The molecule has 3 aromatic rings. The highest BCUT2D eigenvalue weighted by atomic mass is 79.9. The number of anilines is 2. The van der Waals surface area contributed by atoms with E-state index in [-0.39, 0.29) is 25.4 Å². The molecule has 0 aliphatic heterocycles. The zero-order valence-electron chi connectivity index (χ0n) is 17.8. The van der Waals surface area contributed by atoms with E-state index in [4.69, 9.17) is 4.74 Å². The lowest BCUT2D eigenvalue weighted by atomic mass is 10.1. The van der Waals surface area contributed by atoms with Crippen LogP contribution in [0.15, 0.2) is 65.1 Å². The quantitative estimate of drug-likeness (QED) is 0.385.